The van der Waals surface area contributed by atoms with Crippen LogP contribution in [0.1, 0.15) is 290 Å². The lowest BCUT2D eigenvalue weighted by atomic mass is 9.99. The van der Waals surface area contributed by atoms with Crippen molar-refractivity contribution in [1.82, 2.24) is 5.32 Å². The number of nitrogens with one attached hydrogen (secondary N) is 1. The first-order chi connectivity index (χ1) is 35.3. The smallest absolute Gasteiger partial charge is 0.249 e. The number of ether oxygens (including phenoxy) is 2. The third-order valence-corrected chi connectivity index (χ3v) is 14.8. The molecule has 1 saturated heterocycles. The normalized spacial score (nSPS) is 19.8. The fourth-order valence-corrected chi connectivity index (χ4v) is 9.84. The minimum Gasteiger partial charge on any atom is -0.394 e. The maximum atomic E-state index is 13.1. The van der Waals surface area contributed by atoms with Crippen molar-refractivity contribution in [3.05, 3.63) is 36.5 Å². The van der Waals surface area contributed by atoms with E-state index < -0.39 is 61.5 Å². The second-order valence-electron chi connectivity index (χ2n) is 21.6. The topological polar surface area (TPSA) is 169 Å². The Morgan fingerprint density at radius 1 is 0.486 bits per heavy atom. The van der Waals surface area contributed by atoms with Crippen LogP contribution in [0.4, 0.5) is 0 Å². The summed E-state index contributed by atoms with van der Waals surface area (Å²) in [6.07, 6.45) is 57.0. The molecule has 0 spiro atoms. The summed E-state index contributed by atoms with van der Waals surface area (Å²) in [5.41, 5.74) is 0. The Balaban J connectivity index is 2.13. The summed E-state index contributed by atoms with van der Waals surface area (Å²) in [6, 6.07) is -0.979. The first-order valence-corrected chi connectivity index (χ1v) is 30.8. The first-order valence-electron chi connectivity index (χ1n) is 30.8. The van der Waals surface area contributed by atoms with Crippen LogP contribution >= 0.6 is 0 Å². The molecule has 0 aliphatic carbocycles. The molecule has 0 saturated carbocycles. The van der Waals surface area contributed by atoms with E-state index in [0.717, 1.165) is 51.4 Å². The van der Waals surface area contributed by atoms with Crippen molar-refractivity contribution in [2.45, 2.75) is 339 Å². The quantitative estimate of drug-likeness (QED) is 0.0232. The lowest BCUT2D eigenvalue weighted by Crippen LogP contribution is -2.60. The summed E-state index contributed by atoms with van der Waals surface area (Å²) >= 11 is 0. The van der Waals surface area contributed by atoms with Gasteiger partial charge in [-0.15, -0.1) is 0 Å². The van der Waals surface area contributed by atoms with Gasteiger partial charge in [0.15, 0.2) is 6.29 Å². The van der Waals surface area contributed by atoms with Crippen LogP contribution < -0.4 is 5.32 Å². The van der Waals surface area contributed by atoms with Crippen LogP contribution in [0.15, 0.2) is 36.5 Å². The Morgan fingerprint density at radius 2 is 0.847 bits per heavy atom. The molecule has 7 N–H and O–H groups in total. The van der Waals surface area contributed by atoms with E-state index in [-0.39, 0.29) is 6.61 Å². The van der Waals surface area contributed by atoms with Crippen molar-refractivity contribution < 1.29 is 44.9 Å². The zero-order valence-corrected chi connectivity index (χ0v) is 46.8. The molecule has 1 heterocycles. The van der Waals surface area contributed by atoms with Crippen molar-refractivity contribution >= 4 is 5.91 Å². The third kappa shape index (κ3) is 39.7. The molecule has 72 heavy (non-hydrogen) atoms. The van der Waals surface area contributed by atoms with Gasteiger partial charge in [-0.05, 0) is 51.4 Å². The SMILES string of the molecule is CCCCCCCCCCCCC/C=C\C/C=C\CCCCCCCCCCCCCCCCCCC(O)C(=O)NC(COC1OC(CO)C(O)C(O)C1O)C(O)/C=C/CCCCCCCCCCCCC. The van der Waals surface area contributed by atoms with Gasteiger partial charge in [-0.2, -0.15) is 0 Å². The molecule has 1 aliphatic heterocycles. The lowest BCUT2D eigenvalue weighted by molar-refractivity contribution is -0.302. The van der Waals surface area contributed by atoms with Gasteiger partial charge in [0.1, 0.15) is 30.5 Å². The summed E-state index contributed by atoms with van der Waals surface area (Å²) < 4.78 is 11.2. The van der Waals surface area contributed by atoms with Gasteiger partial charge in [0.05, 0.1) is 25.4 Å². The van der Waals surface area contributed by atoms with E-state index >= 15 is 0 Å². The summed E-state index contributed by atoms with van der Waals surface area (Å²) in [4.78, 5) is 13.1. The van der Waals surface area contributed by atoms with Crippen molar-refractivity contribution in [1.29, 1.82) is 0 Å². The second-order valence-corrected chi connectivity index (χ2v) is 21.6. The van der Waals surface area contributed by atoms with Gasteiger partial charge < -0.3 is 45.4 Å². The number of hydrogen-bond donors (Lipinski definition) is 7. The molecule has 1 aliphatic rings. The Morgan fingerprint density at radius 3 is 1.24 bits per heavy atom. The molecule has 424 valence electrons. The highest BCUT2D eigenvalue weighted by Gasteiger charge is 2.44. The maximum Gasteiger partial charge on any atom is 0.249 e. The standard InChI is InChI=1S/C62H117NO9/c1-3-5-7-9-11-13-15-17-18-19-20-21-22-23-24-25-26-27-28-29-30-31-32-33-34-35-36-37-39-41-43-45-47-49-51-56(66)61(70)63-54(53-71-62-60(69)59(68)58(67)57(52-64)72-62)55(65)50-48-46-44-42-40-38-16-14-12-10-8-6-4-2/h22-23,25-26,48,50,54-60,62,64-69H,3-21,24,27-47,49,51-53H2,1-2H3,(H,63,70)/b23-22-,26-25-,50-48+. The molecule has 0 bridgehead atoms. The fourth-order valence-electron chi connectivity index (χ4n) is 9.84. The molecule has 0 aromatic heterocycles. The van der Waals surface area contributed by atoms with E-state index in [9.17, 15) is 35.4 Å². The molecule has 8 unspecified atom stereocenters. The number of amides is 1. The Bertz CT molecular complexity index is 1240. The number of carbonyl (C=O) groups excluding carboxylic acids is 1. The number of unbranched alkanes of at least 4 members (excludes halogenated alkanes) is 38. The predicted octanol–water partition coefficient (Wildman–Crippen LogP) is 14.5. The summed E-state index contributed by atoms with van der Waals surface area (Å²) in [6.45, 7) is 3.63. The predicted molar refractivity (Wildman–Crippen MR) is 301 cm³/mol. The number of hydrogen-bond acceptors (Lipinski definition) is 9. The van der Waals surface area contributed by atoms with Crippen LogP contribution in [-0.4, -0.2) is 98.7 Å². The van der Waals surface area contributed by atoms with E-state index in [1.807, 2.05) is 6.08 Å². The minimum absolute atomic E-state index is 0.304. The van der Waals surface area contributed by atoms with Gasteiger partial charge in [0.2, 0.25) is 5.91 Å². The molecule has 1 amide bonds. The minimum atomic E-state index is -1.61. The zero-order chi connectivity index (χ0) is 52.4. The number of aliphatic hydroxyl groups excluding tert-OH is 6. The largest absolute Gasteiger partial charge is 0.394 e. The van der Waals surface area contributed by atoms with Gasteiger partial charge >= 0.3 is 0 Å². The maximum absolute atomic E-state index is 13.1. The van der Waals surface area contributed by atoms with Crippen LogP contribution in [0, 0.1) is 0 Å². The van der Waals surface area contributed by atoms with Crippen LogP contribution in [0.25, 0.3) is 0 Å². The fraction of sp³-hybridized carbons (Fsp3) is 0.887. The van der Waals surface area contributed by atoms with Gasteiger partial charge in [-0.3, -0.25) is 4.79 Å². The molecular formula is C62H117NO9. The van der Waals surface area contributed by atoms with E-state index in [2.05, 4.69) is 43.5 Å². The van der Waals surface area contributed by atoms with E-state index in [4.69, 9.17) is 9.47 Å². The summed E-state index contributed by atoms with van der Waals surface area (Å²) in [5, 5.41) is 65.0. The van der Waals surface area contributed by atoms with Crippen LogP contribution in [-0.2, 0) is 14.3 Å². The van der Waals surface area contributed by atoms with Gasteiger partial charge in [-0.25, -0.2) is 0 Å². The van der Waals surface area contributed by atoms with E-state index in [0.29, 0.717) is 6.42 Å². The number of aliphatic hydroxyl groups is 6. The lowest BCUT2D eigenvalue weighted by Gasteiger charge is -2.40. The van der Waals surface area contributed by atoms with Crippen LogP contribution in [0.2, 0.25) is 0 Å². The first kappa shape index (κ1) is 68.4. The molecule has 10 heteroatoms. The molecule has 8 atom stereocenters. The highest BCUT2D eigenvalue weighted by molar-refractivity contribution is 5.80. The number of allylic oxidation sites excluding steroid dienone is 5. The monoisotopic (exact) mass is 1020 g/mol. The van der Waals surface area contributed by atoms with Crippen LogP contribution in [0.5, 0.6) is 0 Å². The summed E-state index contributed by atoms with van der Waals surface area (Å²) in [7, 11) is 0. The molecular weight excluding hydrogens is 903 g/mol. The van der Waals surface area contributed by atoms with E-state index in [1.165, 1.54) is 218 Å². The average molecular weight is 1020 g/mol. The van der Waals surface area contributed by atoms with Crippen molar-refractivity contribution in [3.8, 4) is 0 Å². The number of carbonyl (C=O) groups is 1. The highest BCUT2D eigenvalue weighted by Crippen LogP contribution is 2.23. The van der Waals surface area contributed by atoms with E-state index in [1.54, 1.807) is 6.08 Å². The molecule has 1 rings (SSSR count). The van der Waals surface area contributed by atoms with Crippen LogP contribution in [0.3, 0.4) is 0 Å². The zero-order valence-electron chi connectivity index (χ0n) is 46.8. The average Bonchev–Trinajstić information content (AvgIpc) is 3.38. The van der Waals surface area contributed by atoms with Gasteiger partial charge in [0, 0.05) is 0 Å². The molecule has 1 fully saturated rings. The Hall–Kier alpha value is -1.63. The third-order valence-electron chi connectivity index (χ3n) is 14.8. The molecule has 0 aromatic carbocycles. The van der Waals surface area contributed by atoms with Crippen molar-refractivity contribution in [2.75, 3.05) is 13.2 Å². The highest BCUT2D eigenvalue weighted by atomic mass is 16.7. The molecule has 10 nitrogen and oxygen atoms in total. The molecule has 0 aromatic rings. The second kappa shape index (κ2) is 51.5. The number of rotatable bonds is 53. The summed E-state index contributed by atoms with van der Waals surface area (Å²) in [5.74, 6) is -0.614. The Kier molecular flexibility index (Phi) is 48.9. The Labute approximate surface area is 443 Å². The van der Waals surface area contributed by atoms with Gasteiger partial charge in [-0.1, -0.05) is 275 Å². The molecule has 0 radical (unpaired) electrons. The van der Waals surface area contributed by atoms with Crippen molar-refractivity contribution in [2.24, 2.45) is 0 Å². The van der Waals surface area contributed by atoms with Crippen molar-refractivity contribution in [3.63, 3.8) is 0 Å². The van der Waals surface area contributed by atoms with Gasteiger partial charge in [0.25, 0.3) is 0 Å².